The van der Waals surface area contributed by atoms with Gasteiger partial charge in [-0.2, -0.15) is 13.2 Å². The molecule has 1 aliphatic heterocycles. The number of halogens is 3. The van der Waals surface area contributed by atoms with Crippen LogP contribution in [0.3, 0.4) is 0 Å². The molecule has 2 amide bonds. The van der Waals surface area contributed by atoms with Gasteiger partial charge in [-0.1, -0.05) is 0 Å². The summed E-state index contributed by atoms with van der Waals surface area (Å²) in [6, 6.07) is 7.03. The zero-order valence-electron chi connectivity index (χ0n) is 13.7. The minimum absolute atomic E-state index is 0.0231. The Morgan fingerprint density at radius 3 is 2.31 bits per heavy atom. The number of benzene rings is 1. The number of amides is 2. The van der Waals surface area contributed by atoms with Crippen molar-refractivity contribution in [2.45, 2.75) is 19.0 Å². The Kier molecular flexibility index (Phi) is 4.92. The van der Waals surface area contributed by atoms with E-state index in [0.29, 0.717) is 18.7 Å². The average molecular weight is 363 g/mol. The van der Waals surface area contributed by atoms with Crippen molar-refractivity contribution in [2.24, 2.45) is 0 Å². The molecular weight excluding hydrogens is 347 g/mol. The number of carbonyl (C=O) groups is 2. The highest BCUT2D eigenvalue weighted by Crippen LogP contribution is 2.29. The van der Waals surface area contributed by atoms with Crippen LogP contribution >= 0.6 is 0 Å². The van der Waals surface area contributed by atoms with E-state index in [-0.39, 0.29) is 17.3 Å². The van der Waals surface area contributed by atoms with Crippen molar-refractivity contribution in [1.82, 2.24) is 9.88 Å². The number of hydrogen-bond donors (Lipinski definition) is 1. The topological polar surface area (TPSA) is 62.3 Å². The minimum atomic E-state index is -4.44. The second-order valence-corrected chi connectivity index (χ2v) is 5.96. The van der Waals surface area contributed by atoms with Crippen molar-refractivity contribution in [3.8, 4) is 0 Å². The van der Waals surface area contributed by atoms with Crippen LogP contribution in [0, 0.1) is 0 Å². The van der Waals surface area contributed by atoms with Gasteiger partial charge in [-0.3, -0.25) is 14.6 Å². The molecule has 5 nitrogen and oxygen atoms in total. The first-order valence-corrected chi connectivity index (χ1v) is 8.08. The molecule has 1 fully saturated rings. The summed E-state index contributed by atoms with van der Waals surface area (Å²) in [5.41, 5.74) is -0.206. The summed E-state index contributed by atoms with van der Waals surface area (Å²) in [6.07, 6.45) is -1.16. The molecule has 0 bridgehead atoms. The van der Waals surface area contributed by atoms with Gasteiger partial charge < -0.3 is 10.2 Å². The fraction of sp³-hybridized carbons (Fsp3) is 0.278. The van der Waals surface area contributed by atoms with Crippen molar-refractivity contribution in [3.05, 3.63) is 59.4 Å². The number of alkyl halides is 3. The van der Waals surface area contributed by atoms with Crippen LogP contribution in [0.4, 0.5) is 18.9 Å². The van der Waals surface area contributed by atoms with Crippen LogP contribution in [0.1, 0.15) is 39.3 Å². The van der Waals surface area contributed by atoms with Crippen molar-refractivity contribution in [2.75, 3.05) is 18.4 Å². The molecule has 1 aliphatic rings. The largest absolute Gasteiger partial charge is 0.416 e. The van der Waals surface area contributed by atoms with E-state index in [9.17, 15) is 22.8 Å². The van der Waals surface area contributed by atoms with Crippen molar-refractivity contribution in [3.63, 3.8) is 0 Å². The fourth-order valence-electron chi connectivity index (χ4n) is 2.73. The molecule has 0 unspecified atom stereocenters. The van der Waals surface area contributed by atoms with Crippen LogP contribution < -0.4 is 5.32 Å². The fourth-order valence-corrected chi connectivity index (χ4v) is 2.73. The van der Waals surface area contributed by atoms with E-state index in [2.05, 4.69) is 10.3 Å². The number of nitrogens with zero attached hydrogens (tertiary/aromatic N) is 2. The molecule has 8 heteroatoms. The third kappa shape index (κ3) is 4.01. The highest BCUT2D eigenvalue weighted by Gasteiger charge is 2.30. The van der Waals surface area contributed by atoms with E-state index >= 15 is 0 Å². The van der Waals surface area contributed by atoms with Gasteiger partial charge in [0.25, 0.3) is 11.8 Å². The predicted octanol–water partition coefficient (Wildman–Crippen LogP) is 3.59. The molecule has 1 aromatic heterocycles. The number of nitrogens with one attached hydrogen (secondary N) is 1. The van der Waals surface area contributed by atoms with Crippen molar-refractivity contribution >= 4 is 17.5 Å². The molecule has 1 N–H and O–H groups in total. The number of rotatable bonds is 3. The SMILES string of the molecule is O=C(Nc1ccc(C(F)(F)F)cc1)c1cc(C(=O)N2CCCC2)ccn1. The summed E-state index contributed by atoms with van der Waals surface area (Å²) >= 11 is 0. The van der Waals surface area contributed by atoms with Crippen LogP contribution in [0.5, 0.6) is 0 Å². The van der Waals surface area contributed by atoms with E-state index in [1.807, 2.05) is 0 Å². The Bertz CT molecular complexity index is 813. The van der Waals surface area contributed by atoms with E-state index in [1.165, 1.54) is 30.5 Å². The Labute approximate surface area is 147 Å². The lowest BCUT2D eigenvalue weighted by Gasteiger charge is -2.15. The minimum Gasteiger partial charge on any atom is -0.339 e. The lowest BCUT2D eigenvalue weighted by Crippen LogP contribution is -2.28. The Hall–Kier alpha value is -2.90. The van der Waals surface area contributed by atoms with Crippen LogP contribution in [-0.4, -0.2) is 34.8 Å². The number of pyridine rings is 1. The summed E-state index contributed by atoms with van der Waals surface area (Å²) < 4.78 is 37.7. The van der Waals surface area contributed by atoms with Crippen LogP contribution in [-0.2, 0) is 6.18 Å². The lowest BCUT2D eigenvalue weighted by atomic mass is 10.2. The molecule has 0 atom stereocenters. The molecule has 0 aliphatic carbocycles. The van der Waals surface area contributed by atoms with Gasteiger partial charge in [0.2, 0.25) is 0 Å². The normalized spacial score (nSPS) is 14.3. The lowest BCUT2D eigenvalue weighted by molar-refractivity contribution is -0.137. The number of carbonyl (C=O) groups excluding carboxylic acids is 2. The van der Waals surface area contributed by atoms with Crippen LogP contribution in [0.15, 0.2) is 42.6 Å². The third-order valence-electron chi connectivity index (χ3n) is 4.10. The first-order chi connectivity index (χ1) is 12.3. The zero-order chi connectivity index (χ0) is 18.7. The van der Waals surface area contributed by atoms with Gasteiger partial charge in [0.05, 0.1) is 5.56 Å². The van der Waals surface area contributed by atoms with E-state index < -0.39 is 17.6 Å². The molecule has 0 radical (unpaired) electrons. The third-order valence-corrected chi connectivity index (χ3v) is 4.10. The van der Waals surface area contributed by atoms with E-state index in [4.69, 9.17) is 0 Å². The maximum absolute atomic E-state index is 12.6. The van der Waals surface area contributed by atoms with Gasteiger partial charge in [-0.15, -0.1) is 0 Å². The Morgan fingerprint density at radius 2 is 1.69 bits per heavy atom. The Morgan fingerprint density at radius 1 is 1.04 bits per heavy atom. The number of hydrogen-bond acceptors (Lipinski definition) is 3. The highest BCUT2D eigenvalue weighted by atomic mass is 19.4. The molecule has 2 heterocycles. The van der Waals surface area contributed by atoms with Crippen LogP contribution in [0.2, 0.25) is 0 Å². The quantitative estimate of drug-likeness (QED) is 0.907. The smallest absolute Gasteiger partial charge is 0.339 e. The molecule has 0 saturated carbocycles. The molecule has 0 spiro atoms. The summed E-state index contributed by atoms with van der Waals surface area (Å²) in [4.78, 5) is 30.3. The molecule has 3 rings (SSSR count). The monoisotopic (exact) mass is 363 g/mol. The standard InChI is InChI=1S/C18H16F3N3O2/c19-18(20,21)13-3-5-14(6-4-13)23-16(25)15-11-12(7-8-22-15)17(26)24-9-1-2-10-24/h3-8,11H,1-2,9-10H2,(H,23,25). The summed E-state index contributed by atoms with van der Waals surface area (Å²) in [5, 5.41) is 2.48. The van der Waals surface area contributed by atoms with Crippen LogP contribution in [0.25, 0.3) is 0 Å². The molecular formula is C18H16F3N3O2. The second kappa shape index (κ2) is 7.15. The van der Waals surface area contributed by atoms with Crippen molar-refractivity contribution < 1.29 is 22.8 Å². The van der Waals surface area contributed by atoms with Gasteiger partial charge in [0.15, 0.2) is 0 Å². The first-order valence-electron chi connectivity index (χ1n) is 8.08. The van der Waals surface area contributed by atoms with Gasteiger partial charge >= 0.3 is 6.18 Å². The molecule has 2 aromatic rings. The van der Waals surface area contributed by atoms with E-state index in [0.717, 1.165) is 25.0 Å². The molecule has 136 valence electrons. The predicted molar refractivity (Wildman–Crippen MR) is 88.8 cm³/mol. The number of likely N-dealkylation sites (tertiary alicyclic amines) is 1. The summed E-state index contributed by atoms with van der Waals surface area (Å²) in [5.74, 6) is -0.755. The van der Waals surface area contributed by atoms with Gasteiger partial charge in [0.1, 0.15) is 5.69 Å². The summed E-state index contributed by atoms with van der Waals surface area (Å²) in [6.45, 7) is 1.38. The Balaban J connectivity index is 1.72. The molecule has 1 aromatic carbocycles. The van der Waals surface area contributed by atoms with Gasteiger partial charge in [-0.25, -0.2) is 0 Å². The highest BCUT2D eigenvalue weighted by molar-refractivity contribution is 6.04. The summed E-state index contributed by atoms with van der Waals surface area (Å²) in [7, 11) is 0. The molecule has 1 saturated heterocycles. The van der Waals surface area contributed by atoms with Gasteiger partial charge in [-0.05, 0) is 49.2 Å². The number of anilines is 1. The maximum atomic E-state index is 12.6. The second-order valence-electron chi connectivity index (χ2n) is 5.96. The number of aromatic nitrogens is 1. The van der Waals surface area contributed by atoms with Gasteiger partial charge in [0, 0.05) is 30.5 Å². The average Bonchev–Trinajstić information content (AvgIpc) is 3.15. The zero-order valence-corrected chi connectivity index (χ0v) is 13.7. The van der Waals surface area contributed by atoms with E-state index in [1.54, 1.807) is 4.90 Å². The first kappa shape index (κ1) is 17.9. The molecule has 26 heavy (non-hydrogen) atoms. The maximum Gasteiger partial charge on any atom is 0.416 e. The van der Waals surface area contributed by atoms with Crippen molar-refractivity contribution in [1.29, 1.82) is 0 Å².